The van der Waals surface area contributed by atoms with Crippen molar-refractivity contribution < 1.29 is 19.1 Å². The fraction of sp³-hybridized carbons (Fsp3) is 0.280. The predicted molar refractivity (Wildman–Crippen MR) is 133 cm³/mol. The van der Waals surface area contributed by atoms with Crippen molar-refractivity contribution in [3.05, 3.63) is 72.1 Å². The van der Waals surface area contributed by atoms with Crippen molar-refractivity contribution >= 4 is 35.2 Å². The lowest BCUT2D eigenvalue weighted by Crippen LogP contribution is -2.24. The summed E-state index contributed by atoms with van der Waals surface area (Å²) in [6, 6.07) is 14.0. The Morgan fingerprint density at radius 2 is 1.82 bits per heavy atom. The number of benzene rings is 2. The summed E-state index contributed by atoms with van der Waals surface area (Å²) >= 11 is 1.27. The fourth-order valence-electron chi connectivity index (χ4n) is 3.14. The molecule has 0 fully saturated rings. The Morgan fingerprint density at radius 3 is 2.56 bits per heavy atom. The Bertz CT molecular complexity index is 1130. The predicted octanol–water partition coefficient (Wildman–Crippen LogP) is 4.31. The van der Waals surface area contributed by atoms with Gasteiger partial charge in [0.1, 0.15) is 0 Å². The quantitative estimate of drug-likeness (QED) is 0.241. The number of imidazole rings is 1. The molecule has 2 amide bonds. The van der Waals surface area contributed by atoms with Crippen LogP contribution in [0.2, 0.25) is 0 Å². The maximum atomic E-state index is 12.6. The van der Waals surface area contributed by atoms with E-state index in [4.69, 9.17) is 4.74 Å². The zero-order chi connectivity index (χ0) is 24.3. The number of thioether (sulfide) groups is 1. The van der Waals surface area contributed by atoms with Gasteiger partial charge in [-0.25, -0.2) is 9.78 Å². The molecule has 0 saturated carbocycles. The van der Waals surface area contributed by atoms with Gasteiger partial charge in [0.05, 0.1) is 23.6 Å². The topological polar surface area (TPSA) is 102 Å². The zero-order valence-corrected chi connectivity index (χ0v) is 20.1. The average Bonchev–Trinajstić information content (AvgIpc) is 3.32. The van der Waals surface area contributed by atoms with E-state index in [0.29, 0.717) is 28.5 Å². The molecule has 0 bridgehead atoms. The Hall–Kier alpha value is -3.59. The molecule has 3 aromatic rings. The number of anilines is 1. The first-order chi connectivity index (χ1) is 16.5. The number of esters is 1. The monoisotopic (exact) mass is 480 g/mol. The maximum Gasteiger partial charge on any atom is 0.340 e. The van der Waals surface area contributed by atoms with E-state index in [-0.39, 0.29) is 24.2 Å². The minimum atomic E-state index is -0.482. The molecule has 0 aliphatic heterocycles. The van der Waals surface area contributed by atoms with Crippen molar-refractivity contribution in [1.82, 2.24) is 14.9 Å². The second kappa shape index (κ2) is 12.6. The fourth-order valence-corrected chi connectivity index (χ4v) is 3.92. The highest BCUT2D eigenvalue weighted by atomic mass is 32.2. The van der Waals surface area contributed by atoms with E-state index >= 15 is 0 Å². The average molecular weight is 481 g/mol. The van der Waals surface area contributed by atoms with Crippen LogP contribution in [0, 0.1) is 0 Å². The molecule has 8 nitrogen and oxygen atoms in total. The Kier molecular flexibility index (Phi) is 9.28. The summed E-state index contributed by atoms with van der Waals surface area (Å²) in [5, 5.41) is 6.30. The van der Waals surface area contributed by atoms with E-state index in [1.807, 2.05) is 16.7 Å². The van der Waals surface area contributed by atoms with Crippen molar-refractivity contribution in [2.45, 2.75) is 31.8 Å². The maximum absolute atomic E-state index is 12.6. The van der Waals surface area contributed by atoms with Crippen LogP contribution in [0.4, 0.5) is 5.69 Å². The van der Waals surface area contributed by atoms with Gasteiger partial charge in [-0.3, -0.25) is 14.2 Å². The molecule has 0 aliphatic carbocycles. The largest absolute Gasteiger partial charge is 0.462 e. The summed E-state index contributed by atoms with van der Waals surface area (Å²) in [4.78, 5) is 41.2. The van der Waals surface area contributed by atoms with Gasteiger partial charge in [0, 0.05) is 30.2 Å². The summed E-state index contributed by atoms with van der Waals surface area (Å²) in [6.45, 7) is 4.72. The van der Waals surface area contributed by atoms with Crippen LogP contribution in [0.1, 0.15) is 47.4 Å². The molecular formula is C25H28N4O4S. The summed E-state index contributed by atoms with van der Waals surface area (Å²) < 4.78 is 6.90. The van der Waals surface area contributed by atoms with Crippen LogP contribution in [-0.4, -0.2) is 46.2 Å². The van der Waals surface area contributed by atoms with Gasteiger partial charge in [0.25, 0.3) is 5.91 Å². The molecular weight excluding hydrogens is 452 g/mol. The van der Waals surface area contributed by atoms with Crippen LogP contribution >= 0.6 is 11.8 Å². The highest BCUT2D eigenvalue weighted by molar-refractivity contribution is 7.99. The first-order valence-electron chi connectivity index (χ1n) is 11.1. The summed E-state index contributed by atoms with van der Waals surface area (Å²) in [5.74, 6) is -0.744. The number of carbonyl (C=O) groups excluding carboxylic acids is 3. The van der Waals surface area contributed by atoms with Crippen LogP contribution < -0.4 is 10.6 Å². The lowest BCUT2D eigenvalue weighted by Gasteiger charge is -2.11. The third-order valence-electron chi connectivity index (χ3n) is 4.86. The van der Waals surface area contributed by atoms with Gasteiger partial charge in [-0.2, -0.15) is 0 Å². The number of nitrogens with one attached hydrogen (secondary N) is 2. The van der Waals surface area contributed by atoms with Gasteiger partial charge in [0.15, 0.2) is 5.16 Å². The standard InChI is InChI=1S/C25H28N4O4S/c1-3-5-14-26-23(31)18-10-12-19(13-11-18)29-16-15-27-25(29)34-17-22(30)28-21-9-7-6-8-20(21)24(32)33-4-2/h6-13,15-16H,3-5,14,17H2,1-2H3,(H,26,31)(H,28,30). The molecule has 0 atom stereocenters. The van der Waals surface area contributed by atoms with Crippen molar-refractivity contribution in [3.63, 3.8) is 0 Å². The smallest absolute Gasteiger partial charge is 0.340 e. The molecule has 9 heteroatoms. The van der Waals surface area contributed by atoms with E-state index in [2.05, 4.69) is 22.5 Å². The van der Waals surface area contributed by atoms with Crippen LogP contribution in [0.15, 0.2) is 66.1 Å². The van der Waals surface area contributed by atoms with E-state index < -0.39 is 5.97 Å². The number of carbonyl (C=O) groups is 3. The van der Waals surface area contributed by atoms with Crippen molar-refractivity contribution in [1.29, 1.82) is 0 Å². The highest BCUT2D eigenvalue weighted by Gasteiger charge is 2.15. The number of unbranched alkanes of at least 4 members (excludes halogenated alkanes) is 1. The van der Waals surface area contributed by atoms with Crippen molar-refractivity contribution in [2.24, 2.45) is 0 Å². The molecule has 1 heterocycles. The van der Waals surface area contributed by atoms with Gasteiger partial charge in [-0.15, -0.1) is 0 Å². The number of para-hydroxylation sites is 1. The summed E-state index contributed by atoms with van der Waals surface area (Å²) in [5.41, 5.74) is 2.14. The normalized spacial score (nSPS) is 10.5. The van der Waals surface area contributed by atoms with Gasteiger partial charge in [-0.1, -0.05) is 37.2 Å². The third-order valence-corrected chi connectivity index (χ3v) is 5.83. The number of amides is 2. The lowest BCUT2D eigenvalue weighted by atomic mass is 10.2. The van der Waals surface area contributed by atoms with E-state index in [1.54, 1.807) is 55.7 Å². The zero-order valence-electron chi connectivity index (χ0n) is 19.2. The highest BCUT2D eigenvalue weighted by Crippen LogP contribution is 2.22. The Balaban J connectivity index is 1.61. The van der Waals surface area contributed by atoms with Gasteiger partial charge < -0.3 is 15.4 Å². The van der Waals surface area contributed by atoms with E-state index in [1.165, 1.54) is 11.8 Å². The van der Waals surface area contributed by atoms with Gasteiger partial charge in [0.2, 0.25) is 5.91 Å². The van der Waals surface area contributed by atoms with Gasteiger partial charge >= 0.3 is 5.97 Å². The molecule has 34 heavy (non-hydrogen) atoms. The van der Waals surface area contributed by atoms with Crippen molar-refractivity contribution in [2.75, 3.05) is 24.2 Å². The molecule has 0 saturated heterocycles. The number of hydrogen-bond acceptors (Lipinski definition) is 6. The third kappa shape index (κ3) is 6.71. The minimum Gasteiger partial charge on any atom is -0.462 e. The first kappa shape index (κ1) is 25.0. The van der Waals surface area contributed by atoms with Crippen LogP contribution in [0.3, 0.4) is 0 Å². The molecule has 3 rings (SSSR count). The second-order valence-electron chi connectivity index (χ2n) is 7.34. The molecule has 1 aromatic heterocycles. The number of ether oxygens (including phenoxy) is 1. The Morgan fingerprint density at radius 1 is 1.06 bits per heavy atom. The lowest BCUT2D eigenvalue weighted by molar-refractivity contribution is -0.113. The van der Waals surface area contributed by atoms with Crippen LogP contribution in [0.25, 0.3) is 5.69 Å². The molecule has 0 spiro atoms. The Labute approximate surface area is 203 Å². The molecule has 0 aliphatic rings. The molecule has 178 valence electrons. The van der Waals surface area contributed by atoms with Crippen molar-refractivity contribution in [3.8, 4) is 5.69 Å². The summed E-state index contributed by atoms with van der Waals surface area (Å²) in [6.07, 6.45) is 5.42. The number of nitrogens with zero attached hydrogens (tertiary/aromatic N) is 2. The molecule has 0 radical (unpaired) electrons. The van der Waals surface area contributed by atoms with E-state index in [0.717, 1.165) is 18.5 Å². The number of rotatable bonds is 11. The van der Waals surface area contributed by atoms with Crippen LogP contribution in [0.5, 0.6) is 0 Å². The van der Waals surface area contributed by atoms with E-state index in [9.17, 15) is 14.4 Å². The second-order valence-corrected chi connectivity index (χ2v) is 8.28. The number of hydrogen-bond donors (Lipinski definition) is 2. The molecule has 2 N–H and O–H groups in total. The first-order valence-corrected chi connectivity index (χ1v) is 12.1. The molecule has 0 unspecified atom stereocenters. The number of aromatic nitrogens is 2. The van der Waals surface area contributed by atoms with Crippen LogP contribution in [-0.2, 0) is 9.53 Å². The minimum absolute atomic E-state index is 0.0972. The SMILES string of the molecule is CCCCNC(=O)c1ccc(-n2ccnc2SCC(=O)Nc2ccccc2C(=O)OCC)cc1. The summed E-state index contributed by atoms with van der Waals surface area (Å²) in [7, 11) is 0. The molecule has 2 aromatic carbocycles. The van der Waals surface area contributed by atoms with Gasteiger partial charge in [-0.05, 0) is 49.7 Å².